The third-order valence-electron chi connectivity index (χ3n) is 2.50. The maximum atomic E-state index is 13.2. The topological polar surface area (TPSA) is 110 Å². The molecule has 0 heterocycles. The lowest BCUT2D eigenvalue weighted by Gasteiger charge is -2.17. The number of halogens is 1. The van der Waals surface area contributed by atoms with E-state index in [2.05, 4.69) is 4.74 Å². The van der Waals surface area contributed by atoms with Gasteiger partial charge in [0.05, 0.1) is 30.1 Å². The highest BCUT2D eigenvalue weighted by Gasteiger charge is 2.24. The lowest BCUT2D eigenvalue weighted by molar-refractivity contribution is -0.385. The van der Waals surface area contributed by atoms with Gasteiger partial charge in [-0.3, -0.25) is 14.9 Å². The standard InChI is InChI=1S/C12H14FNO6/c1-2-20-11(16)6-10(15)12(17)7-3-8(13)5-9(4-7)14(18)19/h3-5,10,12,15,17H,2,6H2,1H3. The lowest BCUT2D eigenvalue weighted by Crippen LogP contribution is -2.23. The Kier molecular flexibility index (Phi) is 5.53. The number of hydrogen-bond donors (Lipinski definition) is 2. The number of non-ortho nitro benzene ring substituents is 1. The normalized spacial score (nSPS) is 13.6. The number of ether oxygens (including phenoxy) is 1. The molecule has 0 aliphatic carbocycles. The molecule has 110 valence electrons. The summed E-state index contributed by atoms with van der Waals surface area (Å²) in [5.74, 6) is -1.65. The minimum absolute atomic E-state index is 0.118. The number of aliphatic hydroxyl groups excluding tert-OH is 2. The van der Waals surface area contributed by atoms with Gasteiger partial charge in [-0.15, -0.1) is 0 Å². The van der Waals surface area contributed by atoms with Crippen LogP contribution < -0.4 is 0 Å². The first-order valence-corrected chi connectivity index (χ1v) is 5.81. The van der Waals surface area contributed by atoms with Gasteiger partial charge in [0.25, 0.3) is 5.69 Å². The van der Waals surface area contributed by atoms with Crippen molar-refractivity contribution < 1.29 is 29.1 Å². The van der Waals surface area contributed by atoms with Gasteiger partial charge in [0, 0.05) is 6.07 Å². The first-order valence-electron chi connectivity index (χ1n) is 5.81. The van der Waals surface area contributed by atoms with E-state index in [1.807, 2.05) is 0 Å². The largest absolute Gasteiger partial charge is 0.466 e. The SMILES string of the molecule is CCOC(=O)CC(O)C(O)c1cc(F)cc([N+](=O)[O-])c1. The second-order valence-corrected chi connectivity index (χ2v) is 4.02. The van der Waals surface area contributed by atoms with E-state index in [0.29, 0.717) is 6.07 Å². The zero-order valence-electron chi connectivity index (χ0n) is 10.7. The third-order valence-corrected chi connectivity index (χ3v) is 2.50. The van der Waals surface area contributed by atoms with Crippen molar-refractivity contribution in [2.75, 3.05) is 6.61 Å². The van der Waals surface area contributed by atoms with Gasteiger partial charge in [0.15, 0.2) is 0 Å². The van der Waals surface area contributed by atoms with Gasteiger partial charge in [-0.1, -0.05) is 0 Å². The Morgan fingerprint density at radius 1 is 1.45 bits per heavy atom. The van der Waals surface area contributed by atoms with Gasteiger partial charge in [-0.05, 0) is 18.6 Å². The van der Waals surface area contributed by atoms with E-state index in [4.69, 9.17) is 0 Å². The zero-order valence-corrected chi connectivity index (χ0v) is 10.7. The zero-order chi connectivity index (χ0) is 15.3. The van der Waals surface area contributed by atoms with Gasteiger partial charge in [-0.2, -0.15) is 0 Å². The summed E-state index contributed by atoms with van der Waals surface area (Å²) >= 11 is 0. The number of carbonyl (C=O) groups excluding carboxylic acids is 1. The van der Waals surface area contributed by atoms with Gasteiger partial charge in [0.1, 0.15) is 11.9 Å². The third kappa shape index (κ3) is 4.25. The van der Waals surface area contributed by atoms with Crippen LogP contribution in [0.4, 0.5) is 10.1 Å². The fourth-order valence-corrected chi connectivity index (χ4v) is 1.60. The van der Waals surface area contributed by atoms with Crippen LogP contribution in [0, 0.1) is 15.9 Å². The molecule has 0 spiro atoms. The van der Waals surface area contributed by atoms with Crippen molar-refractivity contribution in [1.82, 2.24) is 0 Å². The Bertz CT molecular complexity index is 507. The molecule has 2 N–H and O–H groups in total. The van der Waals surface area contributed by atoms with Crippen LogP contribution in [0.25, 0.3) is 0 Å². The molecular weight excluding hydrogens is 273 g/mol. The first kappa shape index (κ1) is 16.0. The predicted octanol–water partition coefficient (Wildman–Crippen LogP) is 1.08. The molecular formula is C12H14FNO6. The first-order chi connectivity index (χ1) is 9.35. The molecule has 0 saturated heterocycles. The average molecular weight is 287 g/mol. The number of nitro benzene ring substituents is 1. The van der Waals surface area contributed by atoms with E-state index in [9.17, 15) is 29.5 Å². The summed E-state index contributed by atoms with van der Waals surface area (Å²) in [6.45, 7) is 1.70. The van der Waals surface area contributed by atoms with E-state index >= 15 is 0 Å². The smallest absolute Gasteiger partial charge is 0.308 e. The quantitative estimate of drug-likeness (QED) is 0.460. The molecule has 1 rings (SSSR count). The Labute approximate surface area is 113 Å². The van der Waals surface area contributed by atoms with E-state index in [-0.39, 0.29) is 12.2 Å². The fourth-order valence-electron chi connectivity index (χ4n) is 1.60. The second kappa shape index (κ2) is 6.92. The average Bonchev–Trinajstić information content (AvgIpc) is 2.37. The fraction of sp³-hybridized carbons (Fsp3) is 0.417. The van der Waals surface area contributed by atoms with Crippen LogP contribution in [-0.2, 0) is 9.53 Å². The Morgan fingerprint density at radius 2 is 2.10 bits per heavy atom. The molecule has 8 heteroatoms. The number of nitrogens with zero attached hydrogens (tertiary/aromatic N) is 1. The Hall–Kier alpha value is -2.06. The molecule has 1 aromatic carbocycles. The number of benzene rings is 1. The molecule has 1 aromatic rings. The summed E-state index contributed by atoms with van der Waals surface area (Å²) in [4.78, 5) is 20.9. The second-order valence-electron chi connectivity index (χ2n) is 4.02. The molecule has 0 aliphatic rings. The van der Waals surface area contributed by atoms with Gasteiger partial charge in [-0.25, -0.2) is 4.39 Å². The molecule has 0 fully saturated rings. The lowest BCUT2D eigenvalue weighted by atomic mass is 10.0. The van der Waals surface area contributed by atoms with E-state index in [0.717, 1.165) is 12.1 Å². The maximum Gasteiger partial charge on any atom is 0.308 e. The van der Waals surface area contributed by atoms with Crippen molar-refractivity contribution in [3.05, 3.63) is 39.7 Å². The summed E-state index contributed by atoms with van der Waals surface area (Å²) in [7, 11) is 0. The number of esters is 1. The van der Waals surface area contributed by atoms with E-state index < -0.39 is 41.0 Å². The van der Waals surface area contributed by atoms with Crippen LogP contribution in [0.5, 0.6) is 0 Å². The number of hydrogen-bond acceptors (Lipinski definition) is 6. The minimum atomic E-state index is -1.63. The van der Waals surface area contributed by atoms with Crippen molar-refractivity contribution in [1.29, 1.82) is 0 Å². The molecule has 0 amide bonds. The summed E-state index contributed by atoms with van der Waals surface area (Å²) < 4.78 is 17.8. The van der Waals surface area contributed by atoms with Gasteiger partial charge in [0.2, 0.25) is 0 Å². The predicted molar refractivity (Wildman–Crippen MR) is 65.3 cm³/mol. The van der Waals surface area contributed by atoms with Crippen LogP contribution in [0.15, 0.2) is 18.2 Å². The Balaban J connectivity index is 2.88. The molecule has 7 nitrogen and oxygen atoms in total. The van der Waals surface area contributed by atoms with Crippen molar-refractivity contribution in [2.45, 2.75) is 25.6 Å². The van der Waals surface area contributed by atoms with Gasteiger partial charge >= 0.3 is 5.97 Å². The highest BCUT2D eigenvalue weighted by atomic mass is 19.1. The molecule has 0 aliphatic heterocycles. The summed E-state index contributed by atoms with van der Waals surface area (Å²) in [5.41, 5.74) is -0.740. The van der Waals surface area contributed by atoms with E-state index in [1.165, 1.54) is 0 Å². The van der Waals surface area contributed by atoms with Crippen LogP contribution >= 0.6 is 0 Å². The summed E-state index contributed by atoms with van der Waals surface area (Å²) in [5, 5.41) is 30.0. The molecule has 0 bridgehead atoms. The molecule has 0 saturated carbocycles. The van der Waals surface area contributed by atoms with Crippen molar-refractivity contribution >= 4 is 11.7 Å². The summed E-state index contributed by atoms with van der Waals surface area (Å²) in [6, 6.07) is 2.47. The minimum Gasteiger partial charge on any atom is -0.466 e. The number of rotatable bonds is 6. The van der Waals surface area contributed by atoms with E-state index in [1.54, 1.807) is 6.92 Å². The highest BCUT2D eigenvalue weighted by molar-refractivity contribution is 5.70. The Morgan fingerprint density at radius 3 is 2.65 bits per heavy atom. The van der Waals surface area contributed by atoms with Crippen molar-refractivity contribution in [3.8, 4) is 0 Å². The number of carbonyl (C=O) groups is 1. The maximum absolute atomic E-state index is 13.2. The number of aliphatic hydroxyl groups is 2. The van der Waals surface area contributed by atoms with Crippen LogP contribution in [0.3, 0.4) is 0 Å². The van der Waals surface area contributed by atoms with Crippen molar-refractivity contribution in [2.24, 2.45) is 0 Å². The summed E-state index contributed by atoms with van der Waals surface area (Å²) in [6.07, 6.45) is -3.68. The molecule has 2 unspecified atom stereocenters. The van der Waals surface area contributed by atoms with Crippen molar-refractivity contribution in [3.63, 3.8) is 0 Å². The monoisotopic (exact) mass is 287 g/mol. The van der Waals surface area contributed by atoms with Gasteiger partial charge < -0.3 is 14.9 Å². The molecule has 0 radical (unpaired) electrons. The van der Waals surface area contributed by atoms with Crippen LogP contribution in [0.2, 0.25) is 0 Å². The van der Waals surface area contributed by atoms with Crippen LogP contribution in [0.1, 0.15) is 25.0 Å². The highest BCUT2D eigenvalue weighted by Crippen LogP contribution is 2.24. The molecule has 0 aromatic heterocycles. The molecule has 20 heavy (non-hydrogen) atoms. The molecule has 2 atom stereocenters. The van der Waals surface area contributed by atoms with Crippen LogP contribution in [-0.4, -0.2) is 33.8 Å². The number of nitro groups is 1.